The highest BCUT2D eigenvalue weighted by Gasteiger charge is 2.03. The Morgan fingerprint density at radius 1 is 0.818 bits per heavy atom. The molecule has 0 bridgehead atoms. The lowest BCUT2D eigenvalue weighted by molar-refractivity contribution is -0.137. The zero-order valence-corrected chi connectivity index (χ0v) is 14.5. The van der Waals surface area contributed by atoms with Crippen molar-refractivity contribution >= 4 is 11.9 Å². The number of carbonyl (C=O) groups is 2. The van der Waals surface area contributed by atoms with Gasteiger partial charge in [-0.05, 0) is 12.3 Å². The van der Waals surface area contributed by atoms with Crippen LogP contribution in [0.5, 0.6) is 0 Å². The predicted molar refractivity (Wildman–Crippen MR) is 90.9 cm³/mol. The SMILES string of the molecule is CC(C)CCCCCCCCCCCCC(=O)NCC(=O)O. The molecule has 0 radical (unpaired) electrons. The number of aliphatic carboxylic acids is 1. The van der Waals surface area contributed by atoms with E-state index in [1.54, 1.807) is 0 Å². The summed E-state index contributed by atoms with van der Waals surface area (Å²) in [5, 5.41) is 10.8. The van der Waals surface area contributed by atoms with Crippen molar-refractivity contribution in [2.75, 3.05) is 6.54 Å². The Morgan fingerprint density at radius 2 is 1.27 bits per heavy atom. The lowest BCUT2D eigenvalue weighted by Crippen LogP contribution is -2.28. The molecule has 0 atom stereocenters. The molecule has 0 heterocycles. The second kappa shape index (κ2) is 14.9. The standard InChI is InChI=1S/C18H35NO3/c1-16(2)13-11-9-7-5-3-4-6-8-10-12-14-17(20)19-15-18(21)22/h16H,3-15H2,1-2H3,(H,19,20)(H,21,22). The zero-order chi connectivity index (χ0) is 16.6. The molecule has 0 saturated carbocycles. The Kier molecular flexibility index (Phi) is 14.1. The number of nitrogens with one attached hydrogen (secondary N) is 1. The Hall–Kier alpha value is -1.06. The number of carboxylic acid groups (broad SMARTS) is 1. The summed E-state index contributed by atoms with van der Waals surface area (Å²) in [4.78, 5) is 21.6. The van der Waals surface area contributed by atoms with E-state index in [0.717, 1.165) is 18.8 Å². The van der Waals surface area contributed by atoms with Gasteiger partial charge < -0.3 is 10.4 Å². The van der Waals surface area contributed by atoms with Crippen LogP contribution in [0.4, 0.5) is 0 Å². The predicted octanol–water partition coefficient (Wildman–Crippen LogP) is 4.52. The van der Waals surface area contributed by atoms with Crippen molar-refractivity contribution in [3.05, 3.63) is 0 Å². The lowest BCUT2D eigenvalue weighted by atomic mass is 10.0. The van der Waals surface area contributed by atoms with E-state index in [0.29, 0.717) is 6.42 Å². The van der Waals surface area contributed by atoms with Gasteiger partial charge in [0.05, 0.1) is 0 Å². The first-order valence-corrected chi connectivity index (χ1v) is 9.01. The van der Waals surface area contributed by atoms with E-state index in [9.17, 15) is 9.59 Å². The molecular formula is C18H35NO3. The summed E-state index contributed by atoms with van der Waals surface area (Å²) in [6.45, 7) is 4.31. The number of hydrogen-bond acceptors (Lipinski definition) is 2. The topological polar surface area (TPSA) is 66.4 Å². The third-order valence-electron chi connectivity index (χ3n) is 3.87. The molecule has 4 nitrogen and oxygen atoms in total. The van der Waals surface area contributed by atoms with Crippen LogP contribution >= 0.6 is 0 Å². The van der Waals surface area contributed by atoms with Gasteiger partial charge in [0.15, 0.2) is 0 Å². The van der Waals surface area contributed by atoms with Crippen molar-refractivity contribution in [3.8, 4) is 0 Å². The maximum atomic E-state index is 11.3. The van der Waals surface area contributed by atoms with Gasteiger partial charge in [-0.3, -0.25) is 9.59 Å². The molecule has 0 unspecified atom stereocenters. The minimum Gasteiger partial charge on any atom is -0.480 e. The number of amides is 1. The molecule has 4 heteroatoms. The molecule has 0 aromatic heterocycles. The van der Waals surface area contributed by atoms with Gasteiger partial charge in [0.2, 0.25) is 5.91 Å². The van der Waals surface area contributed by atoms with Crippen LogP contribution < -0.4 is 5.32 Å². The fourth-order valence-corrected chi connectivity index (χ4v) is 2.51. The maximum absolute atomic E-state index is 11.3. The molecular weight excluding hydrogens is 278 g/mol. The van der Waals surface area contributed by atoms with E-state index >= 15 is 0 Å². The number of hydrogen-bond donors (Lipinski definition) is 2. The van der Waals surface area contributed by atoms with Crippen LogP contribution in [0.1, 0.15) is 90.9 Å². The van der Waals surface area contributed by atoms with Gasteiger partial charge in [-0.15, -0.1) is 0 Å². The average molecular weight is 313 g/mol. The van der Waals surface area contributed by atoms with Crippen LogP contribution in [0.3, 0.4) is 0 Å². The highest BCUT2D eigenvalue weighted by Crippen LogP contribution is 2.13. The molecule has 130 valence electrons. The molecule has 0 aliphatic heterocycles. The largest absolute Gasteiger partial charge is 0.480 e. The van der Waals surface area contributed by atoms with E-state index in [2.05, 4.69) is 19.2 Å². The van der Waals surface area contributed by atoms with Gasteiger partial charge in [0, 0.05) is 6.42 Å². The Morgan fingerprint density at radius 3 is 1.73 bits per heavy atom. The molecule has 0 aromatic rings. The van der Waals surface area contributed by atoms with Gasteiger partial charge >= 0.3 is 5.97 Å². The van der Waals surface area contributed by atoms with Gasteiger partial charge in [-0.25, -0.2) is 0 Å². The molecule has 0 rings (SSSR count). The molecule has 0 aliphatic rings. The monoisotopic (exact) mass is 313 g/mol. The van der Waals surface area contributed by atoms with E-state index in [4.69, 9.17) is 5.11 Å². The van der Waals surface area contributed by atoms with E-state index in [-0.39, 0.29) is 12.5 Å². The van der Waals surface area contributed by atoms with Crippen LogP contribution in [-0.2, 0) is 9.59 Å². The maximum Gasteiger partial charge on any atom is 0.322 e. The molecule has 0 aliphatic carbocycles. The first kappa shape index (κ1) is 20.9. The summed E-state index contributed by atoms with van der Waals surface area (Å²) < 4.78 is 0. The van der Waals surface area contributed by atoms with Crippen LogP contribution in [0.15, 0.2) is 0 Å². The summed E-state index contributed by atoms with van der Waals surface area (Å²) in [6.07, 6.45) is 14.3. The van der Waals surface area contributed by atoms with Gasteiger partial charge in [0.1, 0.15) is 6.54 Å². The van der Waals surface area contributed by atoms with Crippen molar-refractivity contribution in [2.24, 2.45) is 5.92 Å². The summed E-state index contributed by atoms with van der Waals surface area (Å²) in [7, 11) is 0. The zero-order valence-electron chi connectivity index (χ0n) is 14.5. The van der Waals surface area contributed by atoms with Crippen molar-refractivity contribution in [1.29, 1.82) is 0 Å². The average Bonchev–Trinajstić information content (AvgIpc) is 2.45. The minimum atomic E-state index is -0.988. The third-order valence-corrected chi connectivity index (χ3v) is 3.87. The van der Waals surface area contributed by atoms with Crippen molar-refractivity contribution in [2.45, 2.75) is 90.9 Å². The molecule has 0 spiro atoms. The molecule has 2 N–H and O–H groups in total. The van der Waals surface area contributed by atoms with Crippen LogP contribution in [0.25, 0.3) is 0 Å². The highest BCUT2D eigenvalue weighted by molar-refractivity contribution is 5.80. The van der Waals surface area contributed by atoms with Gasteiger partial charge in [-0.2, -0.15) is 0 Å². The van der Waals surface area contributed by atoms with Crippen LogP contribution in [-0.4, -0.2) is 23.5 Å². The fourth-order valence-electron chi connectivity index (χ4n) is 2.51. The minimum absolute atomic E-state index is 0.149. The molecule has 1 amide bonds. The Labute approximate surface area is 136 Å². The van der Waals surface area contributed by atoms with Crippen LogP contribution in [0, 0.1) is 5.92 Å². The molecule has 0 aromatic carbocycles. The number of carboxylic acids is 1. The quantitative estimate of drug-likeness (QED) is 0.437. The Balaban J connectivity index is 3.14. The lowest BCUT2D eigenvalue weighted by Gasteiger charge is -2.05. The van der Waals surface area contributed by atoms with Crippen molar-refractivity contribution in [3.63, 3.8) is 0 Å². The second-order valence-electron chi connectivity index (χ2n) is 6.64. The van der Waals surface area contributed by atoms with E-state index in [1.807, 2.05) is 0 Å². The normalized spacial score (nSPS) is 10.9. The number of rotatable bonds is 15. The first-order chi connectivity index (χ1) is 10.5. The summed E-state index contributed by atoms with van der Waals surface area (Å²) in [5.74, 6) is -0.299. The molecule has 22 heavy (non-hydrogen) atoms. The smallest absolute Gasteiger partial charge is 0.322 e. The van der Waals surface area contributed by atoms with Gasteiger partial charge in [0.25, 0.3) is 0 Å². The van der Waals surface area contributed by atoms with E-state index in [1.165, 1.54) is 57.8 Å². The van der Waals surface area contributed by atoms with Gasteiger partial charge in [-0.1, -0.05) is 78.1 Å². The Bertz CT molecular complexity index is 290. The van der Waals surface area contributed by atoms with E-state index < -0.39 is 5.97 Å². The highest BCUT2D eigenvalue weighted by atomic mass is 16.4. The van der Waals surface area contributed by atoms with Crippen molar-refractivity contribution in [1.82, 2.24) is 5.32 Å². The summed E-state index contributed by atoms with van der Waals surface area (Å²) >= 11 is 0. The number of unbranched alkanes of at least 4 members (excludes halogenated alkanes) is 9. The second-order valence-corrected chi connectivity index (χ2v) is 6.64. The molecule has 0 fully saturated rings. The summed E-state index contributed by atoms with van der Waals surface area (Å²) in [6, 6.07) is 0. The fraction of sp³-hybridized carbons (Fsp3) is 0.889. The summed E-state index contributed by atoms with van der Waals surface area (Å²) in [5.41, 5.74) is 0. The van der Waals surface area contributed by atoms with Crippen LogP contribution in [0.2, 0.25) is 0 Å². The molecule has 0 saturated heterocycles. The van der Waals surface area contributed by atoms with Crippen molar-refractivity contribution < 1.29 is 14.7 Å². The number of carbonyl (C=O) groups excluding carboxylic acids is 1. The third kappa shape index (κ3) is 17.0. The first-order valence-electron chi connectivity index (χ1n) is 9.01.